The molecule has 0 saturated carbocycles. The van der Waals surface area contributed by atoms with Crippen molar-refractivity contribution in [3.63, 3.8) is 0 Å². The second-order valence-corrected chi connectivity index (χ2v) is 4.06. The lowest BCUT2D eigenvalue weighted by atomic mass is 10.1. The molecule has 0 bridgehead atoms. The summed E-state index contributed by atoms with van der Waals surface area (Å²) in [6.45, 7) is 0. The zero-order valence-corrected chi connectivity index (χ0v) is 9.66. The van der Waals surface area contributed by atoms with E-state index >= 15 is 0 Å². The molecule has 0 atom stereocenters. The molecule has 0 saturated heterocycles. The van der Waals surface area contributed by atoms with E-state index in [1.54, 1.807) is 36.5 Å². The van der Waals surface area contributed by atoms with Crippen molar-refractivity contribution in [3.05, 3.63) is 52.1 Å². The van der Waals surface area contributed by atoms with Crippen LogP contribution in [0.3, 0.4) is 0 Å². The Morgan fingerprint density at radius 2 is 1.94 bits per heavy atom. The van der Waals surface area contributed by atoms with Crippen molar-refractivity contribution >= 4 is 29.5 Å². The van der Waals surface area contributed by atoms with E-state index < -0.39 is 0 Å². The number of pyridine rings is 1. The minimum absolute atomic E-state index is 0.556. The fourth-order valence-corrected chi connectivity index (χ4v) is 1.75. The molecule has 80 valence electrons. The maximum Gasteiger partial charge on any atom is 0.150 e. The Hall–Kier alpha value is -1.38. The number of aldehydes is 1. The van der Waals surface area contributed by atoms with Gasteiger partial charge in [0.1, 0.15) is 6.29 Å². The Kier molecular flexibility index (Phi) is 3.22. The Labute approximate surface area is 103 Å². The summed E-state index contributed by atoms with van der Waals surface area (Å²) in [5.41, 5.74) is 1.91. The molecule has 0 radical (unpaired) electrons. The third kappa shape index (κ3) is 2.23. The van der Waals surface area contributed by atoms with Gasteiger partial charge in [-0.15, -0.1) is 0 Å². The molecule has 0 aliphatic heterocycles. The highest BCUT2D eigenvalue weighted by atomic mass is 35.5. The van der Waals surface area contributed by atoms with Crippen LogP contribution in [0, 0.1) is 0 Å². The van der Waals surface area contributed by atoms with Crippen molar-refractivity contribution < 1.29 is 4.79 Å². The minimum atomic E-state index is 0.556. The van der Waals surface area contributed by atoms with E-state index in [4.69, 9.17) is 23.2 Å². The molecule has 16 heavy (non-hydrogen) atoms. The molecule has 1 aromatic heterocycles. The fraction of sp³-hybridized carbons (Fsp3) is 0. The first-order valence-corrected chi connectivity index (χ1v) is 5.33. The molecule has 2 nitrogen and oxygen atoms in total. The van der Waals surface area contributed by atoms with Crippen molar-refractivity contribution in [2.24, 2.45) is 0 Å². The molecule has 1 aromatic carbocycles. The predicted octanol–water partition coefficient (Wildman–Crippen LogP) is 3.87. The number of nitrogens with zero attached hydrogens (tertiary/aromatic N) is 1. The standard InChI is InChI=1S/C12H7Cl2NO/c13-9-1-2-11(14)10(6-9)12-5-8(7-16)3-4-15-12/h1-7H. The van der Waals surface area contributed by atoms with E-state index in [1.165, 1.54) is 0 Å². The lowest BCUT2D eigenvalue weighted by molar-refractivity contribution is 0.112. The normalized spacial score (nSPS) is 10.1. The van der Waals surface area contributed by atoms with Gasteiger partial charge in [-0.05, 0) is 30.3 Å². The first-order valence-electron chi connectivity index (χ1n) is 4.57. The number of hydrogen-bond acceptors (Lipinski definition) is 2. The lowest BCUT2D eigenvalue weighted by Crippen LogP contribution is -1.87. The summed E-state index contributed by atoms with van der Waals surface area (Å²) in [7, 11) is 0. The first-order chi connectivity index (χ1) is 7.70. The van der Waals surface area contributed by atoms with E-state index in [0.29, 0.717) is 21.3 Å². The van der Waals surface area contributed by atoms with E-state index in [9.17, 15) is 4.79 Å². The number of benzene rings is 1. The second-order valence-electron chi connectivity index (χ2n) is 3.22. The Bertz CT molecular complexity index is 540. The van der Waals surface area contributed by atoms with Crippen LogP contribution in [-0.4, -0.2) is 11.3 Å². The van der Waals surface area contributed by atoms with Gasteiger partial charge in [-0.1, -0.05) is 23.2 Å². The quantitative estimate of drug-likeness (QED) is 0.759. The molecule has 0 aliphatic rings. The summed E-state index contributed by atoms with van der Waals surface area (Å²) in [6.07, 6.45) is 2.33. The van der Waals surface area contributed by atoms with E-state index in [2.05, 4.69) is 4.98 Å². The maximum atomic E-state index is 10.7. The topological polar surface area (TPSA) is 30.0 Å². The van der Waals surface area contributed by atoms with Gasteiger partial charge < -0.3 is 0 Å². The third-order valence-corrected chi connectivity index (χ3v) is 2.69. The number of carbonyl (C=O) groups is 1. The van der Waals surface area contributed by atoms with Gasteiger partial charge in [0, 0.05) is 22.3 Å². The highest BCUT2D eigenvalue weighted by Gasteiger charge is 2.06. The van der Waals surface area contributed by atoms with Crippen LogP contribution in [0.2, 0.25) is 10.0 Å². The molecule has 0 fully saturated rings. The van der Waals surface area contributed by atoms with Crippen LogP contribution in [0.1, 0.15) is 10.4 Å². The number of aromatic nitrogens is 1. The minimum Gasteiger partial charge on any atom is -0.298 e. The summed E-state index contributed by atoms with van der Waals surface area (Å²) in [4.78, 5) is 14.8. The second kappa shape index (κ2) is 4.64. The van der Waals surface area contributed by atoms with Crippen molar-refractivity contribution in [1.82, 2.24) is 4.98 Å². The van der Waals surface area contributed by atoms with Gasteiger partial charge in [-0.3, -0.25) is 9.78 Å². The molecule has 0 amide bonds. The van der Waals surface area contributed by atoms with E-state index in [0.717, 1.165) is 11.8 Å². The lowest BCUT2D eigenvalue weighted by Gasteiger charge is -2.04. The van der Waals surface area contributed by atoms with Gasteiger partial charge >= 0.3 is 0 Å². The average Bonchev–Trinajstić information content (AvgIpc) is 2.32. The largest absolute Gasteiger partial charge is 0.298 e. The fourth-order valence-electron chi connectivity index (χ4n) is 1.36. The van der Waals surface area contributed by atoms with Crippen LogP contribution in [0.25, 0.3) is 11.3 Å². The zero-order valence-electron chi connectivity index (χ0n) is 8.15. The molecule has 0 unspecified atom stereocenters. The highest BCUT2D eigenvalue weighted by molar-refractivity contribution is 6.35. The zero-order chi connectivity index (χ0) is 11.5. The molecule has 0 N–H and O–H groups in total. The van der Waals surface area contributed by atoms with Crippen molar-refractivity contribution in [3.8, 4) is 11.3 Å². The van der Waals surface area contributed by atoms with Gasteiger partial charge in [-0.25, -0.2) is 0 Å². The molecule has 0 spiro atoms. The molecule has 1 heterocycles. The number of hydrogen-bond donors (Lipinski definition) is 0. The monoisotopic (exact) mass is 251 g/mol. The van der Waals surface area contributed by atoms with Crippen LogP contribution in [0.5, 0.6) is 0 Å². The molecular formula is C12H7Cl2NO. The van der Waals surface area contributed by atoms with Crippen LogP contribution < -0.4 is 0 Å². The average molecular weight is 252 g/mol. The Morgan fingerprint density at radius 3 is 2.69 bits per heavy atom. The van der Waals surface area contributed by atoms with Crippen LogP contribution in [0.4, 0.5) is 0 Å². The molecule has 0 aliphatic carbocycles. The van der Waals surface area contributed by atoms with Crippen molar-refractivity contribution in [2.45, 2.75) is 0 Å². The molecule has 4 heteroatoms. The van der Waals surface area contributed by atoms with E-state index in [-0.39, 0.29) is 0 Å². The summed E-state index contributed by atoms with van der Waals surface area (Å²) < 4.78 is 0. The Morgan fingerprint density at radius 1 is 1.12 bits per heavy atom. The van der Waals surface area contributed by atoms with Crippen LogP contribution in [0.15, 0.2) is 36.5 Å². The summed E-state index contributed by atoms with van der Waals surface area (Å²) >= 11 is 11.9. The maximum absolute atomic E-state index is 10.7. The third-order valence-electron chi connectivity index (χ3n) is 2.12. The van der Waals surface area contributed by atoms with Crippen LogP contribution in [-0.2, 0) is 0 Å². The molecular weight excluding hydrogens is 245 g/mol. The Balaban J connectivity index is 2.57. The number of rotatable bonds is 2. The highest BCUT2D eigenvalue weighted by Crippen LogP contribution is 2.29. The molecule has 2 aromatic rings. The van der Waals surface area contributed by atoms with Crippen molar-refractivity contribution in [2.75, 3.05) is 0 Å². The molecule has 2 rings (SSSR count). The number of halogens is 2. The van der Waals surface area contributed by atoms with Gasteiger partial charge in [0.15, 0.2) is 0 Å². The predicted molar refractivity (Wildman–Crippen MR) is 65.1 cm³/mol. The van der Waals surface area contributed by atoms with Gasteiger partial charge in [-0.2, -0.15) is 0 Å². The van der Waals surface area contributed by atoms with Gasteiger partial charge in [0.05, 0.1) is 10.7 Å². The number of carbonyl (C=O) groups excluding carboxylic acids is 1. The SMILES string of the molecule is O=Cc1ccnc(-c2cc(Cl)ccc2Cl)c1. The van der Waals surface area contributed by atoms with E-state index in [1.807, 2.05) is 0 Å². The smallest absolute Gasteiger partial charge is 0.150 e. The first kappa shape index (κ1) is 11.1. The van der Waals surface area contributed by atoms with Gasteiger partial charge in [0.2, 0.25) is 0 Å². The van der Waals surface area contributed by atoms with Crippen LogP contribution >= 0.6 is 23.2 Å². The summed E-state index contributed by atoms with van der Waals surface area (Å²) in [5.74, 6) is 0. The van der Waals surface area contributed by atoms with Gasteiger partial charge in [0.25, 0.3) is 0 Å². The van der Waals surface area contributed by atoms with Crippen molar-refractivity contribution in [1.29, 1.82) is 0 Å². The summed E-state index contributed by atoms with van der Waals surface area (Å²) in [5, 5.41) is 1.14. The summed E-state index contributed by atoms with van der Waals surface area (Å²) in [6, 6.07) is 8.44.